The maximum Gasteiger partial charge on any atom is 0.329 e. The lowest BCUT2D eigenvalue weighted by Crippen LogP contribution is -2.56. The van der Waals surface area contributed by atoms with Crippen LogP contribution in [0.5, 0.6) is 0 Å². The van der Waals surface area contributed by atoms with Crippen molar-refractivity contribution in [2.45, 2.75) is 70.4 Å². The number of carbonyl (C=O) groups excluding carboxylic acids is 3. The second-order valence-corrected chi connectivity index (χ2v) is 8.84. The van der Waals surface area contributed by atoms with Crippen molar-refractivity contribution in [2.24, 2.45) is 23.2 Å². The number of ether oxygens (including phenoxy) is 1. The highest BCUT2D eigenvalue weighted by Crippen LogP contribution is 2.61. The van der Waals surface area contributed by atoms with Crippen LogP contribution >= 0.6 is 0 Å². The number of esters is 1. The SMILES string of the molecule is C[C@@H](NC(=O)COC(=O)[C@@H]1CCC(=O)N1)C12CC3CC(CC(C3)C1)C2. The maximum absolute atomic E-state index is 12.3. The van der Waals surface area contributed by atoms with Crippen molar-refractivity contribution in [1.29, 1.82) is 0 Å². The maximum atomic E-state index is 12.3. The summed E-state index contributed by atoms with van der Waals surface area (Å²) >= 11 is 0. The Morgan fingerprint density at radius 1 is 1.20 bits per heavy atom. The molecule has 2 amide bonds. The average molecular weight is 348 g/mol. The van der Waals surface area contributed by atoms with E-state index in [0.29, 0.717) is 12.8 Å². The van der Waals surface area contributed by atoms with E-state index in [-0.39, 0.29) is 29.9 Å². The molecule has 0 aromatic rings. The van der Waals surface area contributed by atoms with Gasteiger partial charge in [0.15, 0.2) is 6.61 Å². The first-order valence-corrected chi connectivity index (χ1v) is 9.69. The van der Waals surface area contributed by atoms with E-state index in [2.05, 4.69) is 17.6 Å². The fourth-order valence-electron chi connectivity index (χ4n) is 6.17. The van der Waals surface area contributed by atoms with Crippen LogP contribution in [0.3, 0.4) is 0 Å². The number of nitrogens with one attached hydrogen (secondary N) is 2. The lowest BCUT2D eigenvalue weighted by Gasteiger charge is -2.59. The van der Waals surface area contributed by atoms with E-state index in [9.17, 15) is 14.4 Å². The molecule has 25 heavy (non-hydrogen) atoms. The predicted molar refractivity (Wildman–Crippen MR) is 90.3 cm³/mol. The lowest BCUT2D eigenvalue weighted by molar-refractivity contribution is -0.151. The molecule has 6 heteroatoms. The van der Waals surface area contributed by atoms with Crippen molar-refractivity contribution in [3.63, 3.8) is 0 Å². The van der Waals surface area contributed by atoms with Crippen LogP contribution in [0.25, 0.3) is 0 Å². The van der Waals surface area contributed by atoms with E-state index >= 15 is 0 Å². The van der Waals surface area contributed by atoms with Crippen LogP contribution in [0, 0.1) is 23.2 Å². The zero-order valence-electron chi connectivity index (χ0n) is 14.9. The Bertz CT molecular complexity index is 553. The quantitative estimate of drug-likeness (QED) is 0.738. The summed E-state index contributed by atoms with van der Waals surface area (Å²) < 4.78 is 5.09. The first-order valence-electron chi connectivity index (χ1n) is 9.69. The van der Waals surface area contributed by atoms with Gasteiger partial charge in [-0.2, -0.15) is 0 Å². The van der Waals surface area contributed by atoms with Gasteiger partial charge in [0.25, 0.3) is 5.91 Å². The standard InChI is InChI=1S/C19H28N2O4/c1-11(19-7-12-4-13(8-19)6-14(5-12)9-19)20-17(23)10-25-18(24)15-2-3-16(22)21-15/h11-15H,2-10H2,1H3,(H,20,23)(H,21,22)/t11-,12?,13?,14?,15+,19?/m1/s1. The molecule has 0 unspecified atom stereocenters. The normalized spacial score (nSPS) is 39.8. The Hall–Kier alpha value is -1.59. The molecule has 1 saturated heterocycles. The molecule has 138 valence electrons. The van der Waals surface area contributed by atoms with E-state index in [0.717, 1.165) is 17.8 Å². The summed E-state index contributed by atoms with van der Waals surface area (Å²) in [5.74, 6) is 1.64. The summed E-state index contributed by atoms with van der Waals surface area (Å²) in [7, 11) is 0. The minimum atomic E-state index is -0.596. The van der Waals surface area contributed by atoms with Crippen LogP contribution < -0.4 is 10.6 Å². The van der Waals surface area contributed by atoms with Crippen molar-refractivity contribution in [3.8, 4) is 0 Å². The van der Waals surface area contributed by atoms with Gasteiger partial charge in [0.2, 0.25) is 5.91 Å². The molecule has 6 nitrogen and oxygen atoms in total. The van der Waals surface area contributed by atoms with Crippen LogP contribution in [-0.4, -0.2) is 36.5 Å². The summed E-state index contributed by atoms with van der Waals surface area (Å²) in [4.78, 5) is 35.3. The molecule has 5 aliphatic rings. The third-order valence-electron chi connectivity index (χ3n) is 7.01. The monoisotopic (exact) mass is 348 g/mol. The highest BCUT2D eigenvalue weighted by Gasteiger charge is 2.53. The fourth-order valence-corrected chi connectivity index (χ4v) is 6.17. The summed E-state index contributed by atoms with van der Waals surface area (Å²) in [5, 5.41) is 5.65. The number of hydrogen-bond donors (Lipinski definition) is 2. The number of rotatable bonds is 5. The summed E-state index contributed by atoms with van der Waals surface area (Å²) in [6.07, 6.45) is 8.62. The van der Waals surface area contributed by atoms with Gasteiger partial charge in [-0.15, -0.1) is 0 Å². The van der Waals surface area contributed by atoms with Gasteiger partial charge in [-0.25, -0.2) is 4.79 Å². The topological polar surface area (TPSA) is 84.5 Å². The molecule has 4 bridgehead atoms. The van der Waals surface area contributed by atoms with E-state index < -0.39 is 12.0 Å². The summed E-state index contributed by atoms with van der Waals surface area (Å²) in [6.45, 7) is 1.85. The van der Waals surface area contributed by atoms with Crippen molar-refractivity contribution >= 4 is 17.8 Å². The molecule has 4 aliphatic carbocycles. The number of amides is 2. The van der Waals surface area contributed by atoms with Gasteiger partial charge in [-0.05, 0) is 75.0 Å². The van der Waals surface area contributed by atoms with Gasteiger partial charge in [-0.3, -0.25) is 9.59 Å². The Labute approximate surface area is 148 Å². The zero-order chi connectivity index (χ0) is 17.6. The van der Waals surface area contributed by atoms with Gasteiger partial charge in [0, 0.05) is 12.5 Å². The van der Waals surface area contributed by atoms with Crippen LogP contribution in [0.15, 0.2) is 0 Å². The molecular weight excluding hydrogens is 320 g/mol. The Morgan fingerprint density at radius 3 is 2.32 bits per heavy atom. The highest BCUT2D eigenvalue weighted by atomic mass is 16.5. The van der Waals surface area contributed by atoms with Crippen molar-refractivity contribution in [2.75, 3.05) is 6.61 Å². The molecule has 1 heterocycles. The first kappa shape index (κ1) is 16.9. The van der Waals surface area contributed by atoms with Crippen LogP contribution in [0.2, 0.25) is 0 Å². The van der Waals surface area contributed by atoms with Gasteiger partial charge in [0.05, 0.1) is 0 Å². The van der Waals surface area contributed by atoms with Crippen molar-refractivity contribution in [1.82, 2.24) is 10.6 Å². The molecule has 5 fully saturated rings. The smallest absolute Gasteiger partial charge is 0.329 e. The third-order valence-corrected chi connectivity index (χ3v) is 7.01. The van der Waals surface area contributed by atoms with E-state index in [1.807, 2.05) is 0 Å². The largest absolute Gasteiger partial charge is 0.454 e. The van der Waals surface area contributed by atoms with Gasteiger partial charge in [0.1, 0.15) is 6.04 Å². The molecule has 0 aromatic carbocycles. The summed E-state index contributed by atoms with van der Waals surface area (Å²) in [5.41, 5.74) is 0.244. The van der Waals surface area contributed by atoms with Crippen LogP contribution in [0.1, 0.15) is 58.3 Å². The predicted octanol–water partition coefficient (Wildman–Crippen LogP) is 1.53. The second kappa shape index (κ2) is 6.29. The molecule has 5 rings (SSSR count). The van der Waals surface area contributed by atoms with Gasteiger partial charge >= 0.3 is 5.97 Å². The molecule has 4 saturated carbocycles. The Kier molecular flexibility index (Phi) is 4.24. The molecule has 0 aromatic heterocycles. The van der Waals surface area contributed by atoms with E-state index in [1.54, 1.807) is 0 Å². The average Bonchev–Trinajstić information content (AvgIpc) is 2.98. The summed E-state index contributed by atoms with van der Waals surface area (Å²) in [6, 6.07) is -0.473. The lowest BCUT2D eigenvalue weighted by atomic mass is 9.48. The number of carbonyl (C=O) groups is 3. The second-order valence-electron chi connectivity index (χ2n) is 8.84. The van der Waals surface area contributed by atoms with E-state index in [4.69, 9.17) is 4.74 Å². The zero-order valence-corrected chi connectivity index (χ0v) is 14.9. The van der Waals surface area contributed by atoms with Crippen LogP contribution in [-0.2, 0) is 19.1 Å². The molecule has 2 N–H and O–H groups in total. The molecule has 0 spiro atoms. The van der Waals surface area contributed by atoms with Crippen LogP contribution in [0.4, 0.5) is 0 Å². The minimum absolute atomic E-state index is 0.123. The van der Waals surface area contributed by atoms with Gasteiger partial charge < -0.3 is 15.4 Å². The number of hydrogen-bond acceptors (Lipinski definition) is 4. The first-order chi connectivity index (χ1) is 11.9. The third kappa shape index (κ3) is 3.27. The molecule has 2 atom stereocenters. The van der Waals surface area contributed by atoms with Crippen molar-refractivity contribution in [3.05, 3.63) is 0 Å². The van der Waals surface area contributed by atoms with Gasteiger partial charge in [-0.1, -0.05) is 0 Å². The molecular formula is C19H28N2O4. The minimum Gasteiger partial charge on any atom is -0.454 e. The fraction of sp³-hybridized carbons (Fsp3) is 0.842. The molecule has 0 radical (unpaired) electrons. The van der Waals surface area contributed by atoms with E-state index in [1.165, 1.54) is 38.5 Å². The Morgan fingerprint density at radius 2 is 1.80 bits per heavy atom. The van der Waals surface area contributed by atoms with Crippen molar-refractivity contribution < 1.29 is 19.1 Å². The Balaban J connectivity index is 1.28. The highest BCUT2D eigenvalue weighted by molar-refractivity contribution is 5.89. The molecule has 1 aliphatic heterocycles.